The fourth-order valence-corrected chi connectivity index (χ4v) is 2.26. The zero-order chi connectivity index (χ0) is 20.7. The molecule has 28 heavy (non-hydrogen) atoms. The highest BCUT2D eigenvalue weighted by Crippen LogP contribution is 2.22. The van der Waals surface area contributed by atoms with Crippen LogP contribution in [0.15, 0.2) is 47.6 Å². The summed E-state index contributed by atoms with van der Waals surface area (Å²) >= 11 is 0. The second kappa shape index (κ2) is 9.26. The van der Waals surface area contributed by atoms with E-state index in [9.17, 15) is 24.8 Å². The highest BCUT2D eigenvalue weighted by atomic mass is 16.6. The molecule has 0 spiro atoms. The molecule has 0 heterocycles. The third-order valence-corrected chi connectivity index (χ3v) is 3.87. The average molecular weight is 383 g/mol. The maximum atomic E-state index is 11.8. The normalized spacial score (nSPS) is 10.8. The van der Waals surface area contributed by atoms with Crippen LogP contribution in [0.2, 0.25) is 0 Å². The van der Waals surface area contributed by atoms with Gasteiger partial charge in [0.25, 0.3) is 5.69 Å². The maximum absolute atomic E-state index is 11.8. The number of hydrogen-bond acceptors (Lipinski definition) is 6. The van der Waals surface area contributed by atoms with Crippen LogP contribution in [0.25, 0.3) is 0 Å². The van der Waals surface area contributed by atoms with Crippen molar-refractivity contribution in [3.05, 3.63) is 69.3 Å². The Balaban J connectivity index is 1.87. The van der Waals surface area contributed by atoms with Gasteiger partial charge in [-0.05, 0) is 22.8 Å². The van der Waals surface area contributed by atoms with Gasteiger partial charge >= 0.3 is 11.8 Å². The molecule has 0 aliphatic rings. The van der Waals surface area contributed by atoms with E-state index in [4.69, 9.17) is 0 Å². The molecule has 2 amide bonds. The van der Waals surface area contributed by atoms with Gasteiger partial charge in [-0.15, -0.1) is 0 Å². The van der Waals surface area contributed by atoms with Crippen molar-refractivity contribution < 1.29 is 19.6 Å². The van der Waals surface area contributed by atoms with E-state index in [0.717, 1.165) is 23.9 Å². The van der Waals surface area contributed by atoms with Crippen LogP contribution in [0, 0.1) is 10.1 Å². The van der Waals surface area contributed by atoms with E-state index < -0.39 is 28.2 Å². The minimum atomic E-state index is -0.981. The molecule has 0 saturated carbocycles. The minimum absolute atomic E-state index is 0.186. The molecule has 2 N–H and O–H groups in total. The molecule has 2 aromatic carbocycles. The quantitative estimate of drug-likeness (QED) is 0.337. The van der Waals surface area contributed by atoms with Crippen LogP contribution < -0.4 is 15.8 Å². The molecule has 0 unspecified atom stereocenters. The van der Waals surface area contributed by atoms with Crippen molar-refractivity contribution in [2.24, 2.45) is 5.10 Å². The molecule has 0 bridgehead atoms. The van der Waals surface area contributed by atoms with Crippen LogP contribution in [0.3, 0.4) is 0 Å². The van der Waals surface area contributed by atoms with Gasteiger partial charge in [0, 0.05) is 18.2 Å². The predicted molar refractivity (Wildman–Crippen MR) is 101 cm³/mol. The van der Waals surface area contributed by atoms with Crippen molar-refractivity contribution in [1.82, 2.24) is 10.7 Å². The summed E-state index contributed by atoms with van der Waals surface area (Å²) in [6.45, 7) is 4.34. The Labute approximate surface area is 161 Å². The topological polar surface area (TPSA) is 137 Å². The summed E-state index contributed by atoms with van der Waals surface area (Å²) < 4.78 is 0. The molecule has 0 saturated heterocycles. The number of nitro benzene ring substituents is 1. The molecule has 9 nitrogen and oxygen atoms in total. The van der Waals surface area contributed by atoms with Gasteiger partial charge in [0.1, 0.15) is 0 Å². The summed E-state index contributed by atoms with van der Waals surface area (Å²) in [5.41, 5.74) is 3.68. The van der Waals surface area contributed by atoms with Crippen molar-refractivity contribution >= 4 is 23.7 Å². The summed E-state index contributed by atoms with van der Waals surface area (Å²) in [5, 5.41) is 28.1. The molecule has 0 radical (unpaired) electrons. The Bertz CT molecular complexity index is 907. The second-order valence-corrected chi connectivity index (χ2v) is 6.26. The third-order valence-electron chi connectivity index (χ3n) is 3.87. The lowest BCUT2D eigenvalue weighted by atomic mass is 10.0. The van der Waals surface area contributed by atoms with E-state index in [-0.39, 0.29) is 12.1 Å². The van der Waals surface area contributed by atoms with Gasteiger partial charge in [-0.2, -0.15) is 5.10 Å². The van der Waals surface area contributed by atoms with Crippen molar-refractivity contribution in [2.75, 3.05) is 0 Å². The van der Waals surface area contributed by atoms with Crippen LogP contribution in [-0.4, -0.2) is 23.0 Å². The number of carbonyl (C=O) groups is 2. The van der Waals surface area contributed by atoms with Gasteiger partial charge in [-0.1, -0.05) is 50.2 Å². The van der Waals surface area contributed by atoms with E-state index in [1.165, 1.54) is 11.6 Å². The monoisotopic (exact) mass is 383 g/mol. The maximum Gasteiger partial charge on any atom is 0.329 e. The molecule has 0 aliphatic heterocycles. The highest BCUT2D eigenvalue weighted by Gasteiger charge is 2.12. The van der Waals surface area contributed by atoms with Gasteiger partial charge in [-0.25, -0.2) is 5.43 Å². The first-order valence-corrected chi connectivity index (χ1v) is 8.43. The zero-order valence-corrected chi connectivity index (χ0v) is 15.3. The first-order chi connectivity index (χ1) is 13.3. The minimum Gasteiger partial charge on any atom is -0.868 e. The van der Waals surface area contributed by atoms with E-state index in [1.54, 1.807) is 0 Å². The van der Waals surface area contributed by atoms with Crippen molar-refractivity contribution in [3.63, 3.8) is 0 Å². The van der Waals surface area contributed by atoms with Crippen LogP contribution in [0.1, 0.15) is 36.5 Å². The number of rotatable bonds is 6. The van der Waals surface area contributed by atoms with Crippen molar-refractivity contribution in [3.8, 4) is 5.75 Å². The molecule has 0 fully saturated rings. The van der Waals surface area contributed by atoms with E-state index in [0.29, 0.717) is 5.92 Å². The number of amides is 2. The number of nitro groups is 1. The largest absolute Gasteiger partial charge is 0.868 e. The highest BCUT2D eigenvalue weighted by molar-refractivity contribution is 6.35. The van der Waals surface area contributed by atoms with Crippen LogP contribution in [0.5, 0.6) is 5.75 Å². The zero-order valence-electron chi connectivity index (χ0n) is 15.3. The molecule has 2 rings (SSSR count). The Morgan fingerprint density at radius 1 is 1.14 bits per heavy atom. The molecule has 9 heteroatoms. The fourth-order valence-electron chi connectivity index (χ4n) is 2.26. The van der Waals surface area contributed by atoms with Gasteiger partial charge in [0.15, 0.2) is 0 Å². The molecule has 2 aromatic rings. The Morgan fingerprint density at radius 2 is 1.82 bits per heavy atom. The third kappa shape index (κ3) is 5.63. The molecule has 0 aliphatic carbocycles. The number of benzene rings is 2. The van der Waals surface area contributed by atoms with Crippen molar-refractivity contribution in [1.29, 1.82) is 0 Å². The Hall–Kier alpha value is -3.75. The molecule has 0 atom stereocenters. The first kappa shape index (κ1) is 20.6. The van der Waals surface area contributed by atoms with Crippen LogP contribution in [-0.2, 0) is 16.1 Å². The van der Waals surface area contributed by atoms with Gasteiger partial charge in [-0.3, -0.25) is 19.7 Å². The summed E-state index contributed by atoms with van der Waals surface area (Å²) in [4.78, 5) is 33.4. The number of nitrogens with zero attached hydrogens (tertiary/aromatic N) is 2. The summed E-state index contributed by atoms with van der Waals surface area (Å²) in [6.07, 6.45) is 1.10. The number of carbonyl (C=O) groups excluding carboxylic acids is 2. The van der Waals surface area contributed by atoms with Gasteiger partial charge in [0.2, 0.25) is 0 Å². The molecule has 0 aromatic heterocycles. The first-order valence-electron chi connectivity index (χ1n) is 8.43. The smallest absolute Gasteiger partial charge is 0.329 e. The summed E-state index contributed by atoms with van der Waals surface area (Å²) in [5.74, 6) is -2.18. The molecular formula is C19H19N4O5-. The predicted octanol–water partition coefficient (Wildman–Crippen LogP) is 1.56. The summed E-state index contributed by atoms with van der Waals surface area (Å²) in [6, 6.07) is 11.0. The van der Waals surface area contributed by atoms with Crippen LogP contribution >= 0.6 is 0 Å². The number of hydrazone groups is 1. The average Bonchev–Trinajstić information content (AvgIpc) is 2.67. The van der Waals surface area contributed by atoms with Gasteiger partial charge < -0.3 is 10.4 Å². The Kier molecular flexibility index (Phi) is 6.80. The van der Waals surface area contributed by atoms with Crippen LogP contribution in [0.4, 0.5) is 5.69 Å². The standard InChI is InChI=1S/C19H20N4O5/c1-12(2)15-6-3-13(4-7-15)10-20-18(25)19(26)22-21-11-14-5-8-17(24)16(9-14)23(27)28/h3-9,11-12,24H,10H2,1-2H3,(H,20,25)(H,22,26)/p-1/b21-11-. The second-order valence-electron chi connectivity index (χ2n) is 6.26. The van der Waals surface area contributed by atoms with Crippen molar-refractivity contribution in [2.45, 2.75) is 26.3 Å². The van der Waals surface area contributed by atoms with E-state index >= 15 is 0 Å². The SMILES string of the molecule is CC(C)c1ccc(CNC(=O)C(=O)N/N=C\c2ccc([O-])c([N+](=O)[O-])c2)cc1. The van der Waals surface area contributed by atoms with E-state index in [2.05, 4.69) is 24.3 Å². The Morgan fingerprint density at radius 3 is 2.43 bits per heavy atom. The van der Waals surface area contributed by atoms with Gasteiger partial charge in [0.05, 0.1) is 11.1 Å². The lowest BCUT2D eigenvalue weighted by molar-refractivity contribution is -0.398. The lowest BCUT2D eigenvalue weighted by Gasteiger charge is -2.08. The number of nitrogens with one attached hydrogen (secondary N) is 2. The fraction of sp³-hybridized carbons (Fsp3) is 0.211. The molecule has 146 valence electrons. The molecular weight excluding hydrogens is 364 g/mol. The number of hydrogen-bond donors (Lipinski definition) is 2. The lowest BCUT2D eigenvalue weighted by Crippen LogP contribution is -2.37. The van der Waals surface area contributed by atoms with E-state index in [1.807, 2.05) is 29.7 Å². The summed E-state index contributed by atoms with van der Waals surface area (Å²) in [7, 11) is 0.